The van der Waals surface area contributed by atoms with Crippen molar-refractivity contribution in [3.63, 3.8) is 0 Å². The van der Waals surface area contributed by atoms with Gasteiger partial charge in [0.1, 0.15) is 18.2 Å². The van der Waals surface area contributed by atoms with Crippen molar-refractivity contribution in [2.24, 2.45) is 0 Å². The van der Waals surface area contributed by atoms with Gasteiger partial charge in [0, 0.05) is 12.6 Å². The molecule has 1 saturated heterocycles. The van der Waals surface area contributed by atoms with Crippen molar-refractivity contribution in [3.05, 3.63) is 28.5 Å². The monoisotopic (exact) mass is 288 g/mol. The number of rotatable bonds is 4. The molecule has 1 aromatic carbocycles. The number of carbonyl (C=O) groups is 2. The topological polar surface area (TPSA) is 87.7 Å². The molecule has 0 spiro atoms. The van der Waals surface area contributed by atoms with Crippen molar-refractivity contribution in [2.45, 2.75) is 6.04 Å². The highest BCUT2D eigenvalue weighted by atomic mass is 35.5. The van der Waals surface area contributed by atoms with E-state index in [0.29, 0.717) is 6.54 Å². The Balaban J connectivity index is 2.11. The van der Waals surface area contributed by atoms with Crippen molar-refractivity contribution >= 4 is 23.6 Å². The highest BCUT2D eigenvalue weighted by Gasteiger charge is 2.22. The number of carboxylic acids is 1. The number of carbonyl (C=O) groups excluding carboxylic acids is 1. The van der Waals surface area contributed by atoms with Gasteiger partial charge in [0.25, 0.3) is 0 Å². The number of halogens is 2. The highest BCUT2D eigenvalue weighted by molar-refractivity contribution is 6.34. The number of urea groups is 1. The largest absolute Gasteiger partial charge is 0.490 e. The lowest BCUT2D eigenvalue weighted by Crippen LogP contribution is -2.32. The van der Waals surface area contributed by atoms with Crippen LogP contribution in [0.1, 0.15) is 10.4 Å². The Morgan fingerprint density at radius 3 is 2.89 bits per heavy atom. The maximum absolute atomic E-state index is 13.2. The van der Waals surface area contributed by atoms with Gasteiger partial charge in [-0.05, 0) is 6.07 Å². The lowest BCUT2D eigenvalue weighted by Gasteiger charge is -2.13. The van der Waals surface area contributed by atoms with Crippen LogP contribution in [0.4, 0.5) is 9.18 Å². The zero-order valence-electron chi connectivity index (χ0n) is 9.57. The molecule has 2 rings (SSSR count). The Labute approximate surface area is 112 Å². The van der Waals surface area contributed by atoms with Gasteiger partial charge in [-0.25, -0.2) is 14.0 Å². The van der Waals surface area contributed by atoms with E-state index in [9.17, 15) is 14.0 Å². The van der Waals surface area contributed by atoms with E-state index in [1.165, 1.54) is 0 Å². The van der Waals surface area contributed by atoms with Gasteiger partial charge in [0.05, 0.1) is 16.6 Å². The van der Waals surface area contributed by atoms with Crippen LogP contribution in [0.3, 0.4) is 0 Å². The molecule has 8 heteroatoms. The lowest BCUT2D eigenvalue weighted by atomic mass is 10.2. The Hall–Kier alpha value is -2.02. The second kappa shape index (κ2) is 5.31. The van der Waals surface area contributed by atoms with Crippen LogP contribution in [-0.4, -0.2) is 36.3 Å². The van der Waals surface area contributed by atoms with Crippen LogP contribution in [0.5, 0.6) is 5.75 Å². The molecule has 6 nitrogen and oxygen atoms in total. The van der Waals surface area contributed by atoms with E-state index >= 15 is 0 Å². The number of carboxylic acid groups (broad SMARTS) is 1. The first-order valence-electron chi connectivity index (χ1n) is 5.37. The summed E-state index contributed by atoms with van der Waals surface area (Å²) in [4.78, 5) is 21.7. The number of hydrogen-bond donors (Lipinski definition) is 3. The SMILES string of the molecule is O=C1NC[C@@H](COc2cc(F)cc(C(=O)O)c2Cl)N1. The van der Waals surface area contributed by atoms with Crippen LogP contribution in [-0.2, 0) is 0 Å². The Bertz CT molecular complexity index is 538. The molecule has 19 heavy (non-hydrogen) atoms. The van der Waals surface area contributed by atoms with Crippen molar-refractivity contribution in [1.82, 2.24) is 10.6 Å². The first-order chi connectivity index (χ1) is 8.97. The quantitative estimate of drug-likeness (QED) is 0.778. The van der Waals surface area contributed by atoms with E-state index in [0.717, 1.165) is 12.1 Å². The molecule has 0 aromatic heterocycles. The fourth-order valence-electron chi connectivity index (χ4n) is 1.62. The zero-order chi connectivity index (χ0) is 14.0. The molecule has 1 aliphatic rings. The molecule has 0 unspecified atom stereocenters. The van der Waals surface area contributed by atoms with Crippen molar-refractivity contribution in [3.8, 4) is 5.75 Å². The fourth-order valence-corrected chi connectivity index (χ4v) is 1.86. The zero-order valence-corrected chi connectivity index (χ0v) is 10.3. The molecule has 102 valence electrons. The van der Waals surface area contributed by atoms with E-state index < -0.39 is 11.8 Å². The number of amides is 2. The molecule has 0 radical (unpaired) electrons. The Kier molecular flexibility index (Phi) is 3.75. The summed E-state index contributed by atoms with van der Waals surface area (Å²) in [5, 5.41) is 13.8. The second-order valence-corrected chi connectivity index (χ2v) is 4.31. The minimum Gasteiger partial charge on any atom is -0.490 e. The van der Waals surface area contributed by atoms with E-state index in [1.54, 1.807) is 0 Å². The maximum atomic E-state index is 13.2. The summed E-state index contributed by atoms with van der Waals surface area (Å²) in [7, 11) is 0. The van der Waals surface area contributed by atoms with Gasteiger partial charge >= 0.3 is 12.0 Å². The van der Waals surface area contributed by atoms with Gasteiger partial charge < -0.3 is 20.5 Å². The van der Waals surface area contributed by atoms with E-state index in [2.05, 4.69) is 10.6 Å². The van der Waals surface area contributed by atoms with Gasteiger partial charge in [-0.3, -0.25) is 0 Å². The predicted molar refractivity (Wildman–Crippen MR) is 64.2 cm³/mol. The van der Waals surface area contributed by atoms with Crippen LogP contribution < -0.4 is 15.4 Å². The number of benzene rings is 1. The molecule has 3 N–H and O–H groups in total. The molecule has 1 heterocycles. The maximum Gasteiger partial charge on any atom is 0.337 e. The van der Waals surface area contributed by atoms with Crippen LogP contribution in [0, 0.1) is 5.82 Å². The van der Waals surface area contributed by atoms with Gasteiger partial charge in [-0.1, -0.05) is 11.6 Å². The molecule has 0 bridgehead atoms. The summed E-state index contributed by atoms with van der Waals surface area (Å²) in [6, 6.07) is 1.22. The first-order valence-corrected chi connectivity index (χ1v) is 5.74. The third-order valence-corrected chi connectivity index (χ3v) is 2.91. The third kappa shape index (κ3) is 3.05. The van der Waals surface area contributed by atoms with Crippen molar-refractivity contribution in [2.75, 3.05) is 13.2 Å². The summed E-state index contributed by atoms with van der Waals surface area (Å²) in [6.45, 7) is 0.429. The van der Waals surface area contributed by atoms with Gasteiger partial charge in [0.15, 0.2) is 0 Å². The van der Waals surface area contributed by atoms with E-state index in [1.807, 2.05) is 0 Å². The lowest BCUT2D eigenvalue weighted by molar-refractivity contribution is 0.0696. The normalized spacial score (nSPS) is 17.8. The van der Waals surface area contributed by atoms with Crippen molar-refractivity contribution in [1.29, 1.82) is 0 Å². The molecule has 2 amide bonds. The molecular formula is C11H10ClFN2O4. The smallest absolute Gasteiger partial charge is 0.337 e. The first kappa shape index (κ1) is 13.4. The summed E-state index contributed by atoms with van der Waals surface area (Å²) in [5.41, 5.74) is -0.370. The minimum atomic E-state index is -1.34. The summed E-state index contributed by atoms with van der Waals surface area (Å²) in [6.07, 6.45) is 0. The number of aromatic carboxylic acids is 1. The molecule has 1 aliphatic heterocycles. The molecule has 1 atom stereocenters. The molecule has 0 saturated carbocycles. The van der Waals surface area contributed by atoms with Crippen LogP contribution in [0.2, 0.25) is 5.02 Å². The molecule has 0 aliphatic carbocycles. The average molecular weight is 289 g/mol. The molecule has 1 aromatic rings. The summed E-state index contributed by atoms with van der Waals surface area (Å²) in [5.74, 6) is -2.17. The number of nitrogens with one attached hydrogen (secondary N) is 2. The predicted octanol–water partition coefficient (Wildman–Crippen LogP) is 1.24. The summed E-state index contributed by atoms with van der Waals surface area (Å²) >= 11 is 5.81. The van der Waals surface area contributed by atoms with Crippen molar-refractivity contribution < 1.29 is 23.8 Å². The van der Waals surface area contributed by atoms with Gasteiger partial charge in [0.2, 0.25) is 0 Å². The van der Waals surface area contributed by atoms with Crippen LogP contribution in [0.25, 0.3) is 0 Å². The average Bonchev–Trinajstić information content (AvgIpc) is 2.75. The van der Waals surface area contributed by atoms with E-state index in [4.69, 9.17) is 21.4 Å². The van der Waals surface area contributed by atoms with Crippen LogP contribution >= 0.6 is 11.6 Å². The summed E-state index contributed by atoms with van der Waals surface area (Å²) < 4.78 is 18.5. The minimum absolute atomic E-state index is 0.0565. The second-order valence-electron chi connectivity index (χ2n) is 3.93. The Morgan fingerprint density at radius 2 is 2.32 bits per heavy atom. The molecule has 1 fully saturated rings. The van der Waals surface area contributed by atoms with Gasteiger partial charge in [-0.2, -0.15) is 0 Å². The third-order valence-electron chi connectivity index (χ3n) is 2.52. The van der Waals surface area contributed by atoms with Crippen LogP contribution in [0.15, 0.2) is 12.1 Å². The Morgan fingerprint density at radius 1 is 1.58 bits per heavy atom. The fraction of sp³-hybridized carbons (Fsp3) is 0.273. The highest BCUT2D eigenvalue weighted by Crippen LogP contribution is 2.29. The number of ether oxygens (including phenoxy) is 1. The standard InChI is InChI=1S/C11H10ClFN2O4/c12-9-7(10(16)17)1-5(13)2-8(9)19-4-6-3-14-11(18)15-6/h1-2,6H,3-4H2,(H,16,17)(H2,14,15,18)/t6-/m0/s1. The van der Waals surface area contributed by atoms with E-state index in [-0.39, 0.29) is 35.0 Å². The van der Waals surface area contributed by atoms with Gasteiger partial charge in [-0.15, -0.1) is 0 Å². The number of hydrogen-bond acceptors (Lipinski definition) is 3. The molecular weight excluding hydrogens is 279 g/mol.